The fraction of sp³-hybridized carbons (Fsp3) is 0.692. The molecule has 0 aliphatic carbocycles. The number of rotatable bonds is 4. The van der Waals surface area contributed by atoms with E-state index in [-0.39, 0.29) is 12.1 Å². The topological polar surface area (TPSA) is 51.2 Å². The number of ether oxygens (including phenoxy) is 1. The van der Waals surface area contributed by atoms with Crippen LogP contribution in [0.2, 0.25) is 0 Å². The van der Waals surface area contributed by atoms with Crippen molar-refractivity contribution < 1.29 is 9.53 Å². The Hall–Kier alpha value is -0.620. The smallest absolute Gasteiger partial charge is 0.407 e. The molecule has 0 aliphatic rings. The van der Waals surface area contributed by atoms with Crippen molar-refractivity contribution in [1.82, 2.24) is 10.3 Å². The van der Waals surface area contributed by atoms with Crippen molar-refractivity contribution in [2.24, 2.45) is 0 Å². The minimum absolute atomic E-state index is 0.0486. The second kappa shape index (κ2) is 6.70. The molecule has 1 aromatic rings. The zero-order chi connectivity index (χ0) is 14.6. The lowest BCUT2D eigenvalue weighted by Crippen LogP contribution is -2.38. The number of nitrogens with zero attached hydrogens (tertiary/aromatic N) is 1. The van der Waals surface area contributed by atoms with E-state index in [4.69, 9.17) is 4.74 Å². The Morgan fingerprint density at radius 1 is 1.53 bits per heavy atom. The molecule has 0 saturated carbocycles. The van der Waals surface area contributed by atoms with Crippen LogP contribution >= 0.6 is 27.3 Å². The molecule has 1 rings (SSSR count). The number of carbonyl (C=O) groups excluding carboxylic acids is 1. The minimum atomic E-state index is -0.463. The predicted molar refractivity (Wildman–Crippen MR) is 81.7 cm³/mol. The lowest BCUT2D eigenvalue weighted by atomic mass is 10.0. The molecule has 2 atom stereocenters. The lowest BCUT2D eigenvalue weighted by molar-refractivity contribution is 0.0505. The van der Waals surface area contributed by atoms with E-state index < -0.39 is 5.60 Å². The highest BCUT2D eigenvalue weighted by Gasteiger charge is 2.19. The molecule has 0 unspecified atom stereocenters. The first-order valence-corrected chi connectivity index (χ1v) is 7.89. The summed E-state index contributed by atoms with van der Waals surface area (Å²) in [6.45, 7) is 9.65. The molecular formula is C13H21BrN2O2S. The fourth-order valence-electron chi connectivity index (χ4n) is 1.69. The lowest BCUT2D eigenvalue weighted by Gasteiger charge is -2.22. The van der Waals surface area contributed by atoms with Crippen LogP contribution in [-0.2, 0) is 4.74 Å². The standard InChI is InChI=1S/C13H21BrN2O2S/c1-8(11-15-7-10(14)19-11)6-9(2)16-12(17)18-13(3,4)5/h7-9H,6H2,1-5H3,(H,16,17)/t8-,9-/m1/s1. The van der Waals surface area contributed by atoms with Crippen molar-refractivity contribution in [3.8, 4) is 0 Å². The molecule has 0 fully saturated rings. The molecule has 1 aromatic heterocycles. The van der Waals surface area contributed by atoms with Crippen molar-refractivity contribution >= 4 is 33.4 Å². The SMILES string of the molecule is C[C@H](C[C@@H](C)c1ncc(Br)s1)NC(=O)OC(C)(C)C. The van der Waals surface area contributed by atoms with E-state index in [1.807, 2.05) is 33.9 Å². The van der Waals surface area contributed by atoms with E-state index in [0.29, 0.717) is 5.92 Å². The second-order valence-corrected chi connectivity index (χ2v) is 8.13. The van der Waals surface area contributed by atoms with E-state index >= 15 is 0 Å². The summed E-state index contributed by atoms with van der Waals surface area (Å²) in [5.41, 5.74) is -0.463. The average Bonchev–Trinajstić information content (AvgIpc) is 2.61. The normalized spacial score (nSPS) is 14.8. The number of hydrogen-bond acceptors (Lipinski definition) is 4. The number of aromatic nitrogens is 1. The van der Waals surface area contributed by atoms with Gasteiger partial charge < -0.3 is 10.1 Å². The molecule has 0 saturated heterocycles. The van der Waals surface area contributed by atoms with Crippen molar-refractivity contribution in [3.05, 3.63) is 15.0 Å². The Kier molecular flexibility index (Phi) is 5.80. The highest BCUT2D eigenvalue weighted by molar-refractivity contribution is 9.11. The largest absolute Gasteiger partial charge is 0.444 e. The third-order valence-corrected chi connectivity index (χ3v) is 4.09. The summed E-state index contributed by atoms with van der Waals surface area (Å²) in [5, 5.41) is 3.92. The number of amides is 1. The highest BCUT2D eigenvalue weighted by Crippen LogP contribution is 2.28. The molecule has 0 spiro atoms. The summed E-state index contributed by atoms with van der Waals surface area (Å²) in [6.07, 6.45) is 2.27. The summed E-state index contributed by atoms with van der Waals surface area (Å²) in [7, 11) is 0. The maximum atomic E-state index is 11.6. The Bertz CT molecular complexity index is 429. The van der Waals surface area contributed by atoms with Crippen LogP contribution in [0.3, 0.4) is 0 Å². The van der Waals surface area contributed by atoms with Crippen molar-refractivity contribution in [2.75, 3.05) is 0 Å². The fourth-order valence-corrected chi connectivity index (χ4v) is 3.00. The highest BCUT2D eigenvalue weighted by atomic mass is 79.9. The number of alkyl carbamates (subject to hydrolysis) is 1. The van der Waals surface area contributed by atoms with Gasteiger partial charge in [-0.3, -0.25) is 0 Å². The number of thiazole rings is 1. The first kappa shape index (κ1) is 16.4. The van der Waals surface area contributed by atoms with Crippen molar-refractivity contribution in [3.63, 3.8) is 0 Å². The molecule has 0 bridgehead atoms. The Morgan fingerprint density at radius 2 is 2.16 bits per heavy atom. The molecular weight excluding hydrogens is 328 g/mol. The summed E-state index contributed by atoms with van der Waals surface area (Å²) < 4.78 is 6.26. The molecule has 108 valence electrons. The summed E-state index contributed by atoms with van der Waals surface area (Å²) in [6, 6.07) is 0.0486. The number of carbonyl (C=O) groups is 1. The zero-order valence-electron chi connectivity index (χ0n) is 12.0. The molecule has 1 amide bonds. The zero-order valence-corrected chi connectivity index (χ0v) is 14.4. The maximum Gasteiger partial charge on any atom is 0.407 e. The van der Waals surface area contributed by atoms with Crippen LogP contribution in [0.25, 0.3) is 0 Å². The van der Waals surface area contributed by atoms with Gasteiger partial charge >= 0.3 is 6.09 Å². The van der Waals surface area contributed by atoms with E-state index in [9.17, 15) is 4.79 Å². The van der Waals surface area contributed by atoms with Crippen LogP contribution in [0.5, 0.6) is 0 Å². The Morgan fingerprint density at radius 3 is 2.63 bits per heavy atom. The summed E-state index contributed by atoms with van der Waals surface area (Å²) in [4.78, 5) is 16.0. The number of nitrogens with one attached hydrogen (secondary N) is 1. The van der Waals surface area contributed by atoms with E-state index in [1.54, 1.807) is 11.3 Å². The quantitative estimate of drug-likeness (QED) is 0.881. The van der Waals surface area contributed by atoms with Gasteiger partial charge in [0.2, 0.25) is 0 Å². The summed E-state index contributed by atoms with van der Waals surface area (Å²) >= 11 is 5.03. The van der Waals surface area contributed by atoms with Crippen molar-refractivity contribution in [2.45, 2.75) is 58.6 Å². The first-order chi connectivity index (χ1) is 8.67. The second-order valence-electron chi connectivity index (χ2n) is 5.69. The molecule has 0 radical (unpaired) electrons. The van der Waals surface area contributed by atoms with Crippen LogP contribution in [0.1, 0.15) is 52.0 Å². The van der Waals surface area contributed by atoms with Crippen LogP contribution in [-0.4, -0.2) is 22.7 Å². The van der Waals surface area contributed by atoms with Gasteiger partial charge in [-0.15, -0.1) is 11.3 Å². The van der Waals surface area contributed by atoms with Gasteiger partial charge in [0.1, 0.15) is 5.60 Å². The molecule has 6 heteroatoms. The first-order valence-electron chi connectivity index (χ1n) is 6.28. The molecule has 4 nitrogen and oxygen atoms in total. The predicted octanol–water partition coefficient (Wildman–Crippen LogP) is 4.31. The van der Waals surface area contributed by atoms with Crippen LogP contribution in [0.4, 0.5) is 4.79 Å². The molecule has 1 N–H and O–H groups in total. The third-order valence-electron chi connectivity index (χ3n) is 2.39. The van der Waals surface area contributed by atoms with Gasteiger partial charge in [-0.1, -0.05) is 6.92 Å². The van der Waals surface area contributed by atoms with Crippen molar-refractivity contribution in [1.29, 1.82) is 0 Å². The van der Waals surface area contributed by atoms with Gasteiger partial charge in [-0.25, -0.2) is 9.78 Å². The molecule has 0 aliphatic heterocycles. The van der Waals surface area contributed by atoms with Gasteiger partial charge in [0, 0.05) is 12.0 Å². The van der Waals surface area contributed by atoms with E-state index in [2.05, 4.69) is 33.2 Å². The maximum absolute atomic E-state index is 11.6. The van der Waals surface area contributed by atoms with Crippen LogP contribution in [0.15, 0.2) is 9.98 Å². The molecule has 19 heavy (non-hydrogen) atoms. The van der Waals surface area contributed by atoms with Gasteiger partial charge in [0.05, 0.1) is 15.0 Å². The molecule has 1 heterocycles. The van der Waals surface area contributed by atoms with Gasteiger partial charge in [0.25, 0.3) is 0 Å². The van der Waals surface area contributed by atoms with Gasteiger partial charge in [0.15, 0.2) is 0 Å². The Labute approximate surface area is 127 Å². The number of halogens is 1. The monoisotopic (exact) mass is 348 g/mol. The van der Waals surface area contributed by atoms with Gasteiger partial charge in [-0.05, 0) is 50.0 Å². The third kappa shape index (κ3) is 6.38. The van der Waals surface area contributed by atoms with Crippen LogP contribution in [0, 0.1) is 0 Å². The van der Waals surface area contributed by atoms with E-state index in [0.717, 1.165) is 15.2 Å². The molecule has 0 aromatic carbocycles. The summed E-state index contributed by atoms with van der Waals surface area (Å²) in [5.74, 6) is 0.307. The van der Waals surface area contributed by atoms with E-state index in [1.165, 1.54) is 0 Å². The Balaban J connectivity index is 2.42. The van der Waals surface area contributed by atoms with Crippen LogP contribution < -0.4 is 5.32 Å². The average molecular weight is 349 g/mol. The minimum Gasteiger partial charge on any atom is -0.444 e. The van der Waals surface area contributed by atoms with Gasteiger partial charge in [-0.2, -0.15) is 0 Å². The number of hydrogen-bond donors (Lipinski definition) is 1.